The van der Waals surface area contributed by atoms with Crippen LogP contribution >= 0.6 is 0 Å². The summed E-state index contributed by atoms with van der Waals surface area (Å²) in [5.41, 5.74) is 0. The third kappa shape index (κ3) is 3.20. The van der Waals surface area contributed by atoms with Crippen LogP contribution in [0, 0.1) is 0 Å². The number of benzene rings is 1. The molecule has 0 amide bonds. The number of fused-ring (bicyclic) bond motifs is 1. The van der Waals surface area contributed by atoms with Crippen LogP contribution < -0.4 is 4.74 Å². The number of hydrogen-bond donors (Lipinski definition) is 0. The van der Waals surface area contributed by atoms with Gasteiger partial charge in [0.25, 0.3) is 0 Å². The lowest BCUT2D eigenvalue weighted by Gasteiger charge is -2.06. The van der Waals surface area contributed by atoms with Crippen LogP contribution in [0.15, 0.2) is 36.7 Å². The predicted octanol–water partition coefficient (Wildman–Crippen LogP) is 2.57. The van der Waals surface area contributed by atoms with Gasteiger partial charge >= 0.3 is 5.97 Å². The minimum absolute atomic E-state index is 0.205. The molecule has 4 nitrogen and oxygen atoms in total. The maximum Gasteiger partial charge on any atom is 0.305 e. The summed E-state index contributed by atoms with van der Waals surface area (Å²) in [7, 11) is 1.39. The molecule has 1 heterocycles. The Kier molecular flexibility index (Phi) is 4.12. The highest BCUT2D eigenvalue weighted by Gasteiger charge is 2.01. The summed E-state index contributed by atoms with van der Waals surface area (Å²) in [6.45, 7) is 0.506. The predicted molar refractivity (Wildman–Crippen MR) is 68.5 cm³/mol. The topological polar surface area (TPSA) is 48.4 Å². The van der Waals surface area contributed by atoms with Crippen LogP contribution in [0.1, 0.15) is 12.8 Å². The molecule has 0 saturated carbocycles. The van der Waals surface area contributed by atoms with Crippen molar-refractivity contribution in [3.05, 3.63) is 36.7 Å². The summed E-state index contributed by atoms with van der Waals surface area (Å²) in [6.07, 6.45) is 4.61. The summed E-state index contributed by atoms with van der Waals surface area (Å²) in [5, 5.41) is 2.18. The maximum absolute atomic E-state index is 10.9. The van der Waals surface area contributed by atoms with E-state index in [0.717, 1.165) is 16.5 Å². The van der Waals surface area contributed by atoms with E-state index in [2.05, 4.69) is 9.72 Å². The van der Waals surface area contributed by atoms with Gasteiger partial charge in [-0.15, -0.1) is 0 Å². The van der Waals surface area contributed by atoms with E-state index in [4.69, 9.17) is 4.74 Å². The number of ether oxygens (including phenoxy) is 2. The first-order valence-electron chi connectivity index (χ1n) is 5.83. The van der Waals surface area contributed by atoms with Crippen molar-refractivity contribution in [3.63, 3.8) is 0 Å². The van der Waals surface area contributed by atoms with Crippen molar-refractivity contribution >= 4 is 16.7 Å². The van der Waals surface area contributed by atoms with Gasteiger partial charge in [0.1, 0.15) is 5.75 Å². The fourth-order valence-corrected chi connectivity index (χ4v) is 1.66. The smallest absolute Gasteiger partial charge is 0.305 e. The van der Waals surface area contributed by atoms with Crippen LogP contribution in [0.5, 0.6) is 5.75 Å². The van der Waals surface area contributed by atoms with Gasteiger partial charge in [-0.25, -0.2) is 0 Å². The van der Waals surface area contributed by atoms with Crippen LogP contribution in [0.4, 0.5) is 0 Å². The third-order valence-corrected chi connectivity index (χ3v) is 2.63. The first-order chi connectivity index (χ1) is 8.79. The largest absolute Gasteiger partial charge is 0.494 e. The molecular weight excluding hydrogens is 230 g/mol. The molecule has 0 saturated heterocycles. The molecule has 0 spiro atoms. The molecule has 2 rings (SSSR count). The fraction of sp³-hybridized carbons (Fsp3) is 0.286. The molecule has 0 atom stereocenters. The summed E-state index contributed by atoms with van der Waals surface area (Å²) >= 11 is 0. The molecule has 0 aliphatic rings. The minimum atomic E-state index is -0.205. The Balaban J connectivity index is 1.90. The van der Waals surface area contributed by atoms with E-state index in [9.17, 15) is 4.79 Å². The van der Waals surface area contributed by atoms with Crippen molar-refractivity contribution in [2.75, 3.05) is 13.7 Å². The van der Waals surface area contributed by atoms with E-state index in [1.165, 1.54) is 7.11 Å². The highest BCUT2D eigenvalue weighted by molar-refractivity contribution is 5.82. The van der Waals surface area contributed by atoms with E-state index in [1.807, 2.05) is 30.5 Å². The Labute approximate surface area is 106 Å². The van der Waals surface area contributed by atoms with Crippen LogP contribution in [0.2, 0.25) is 0 Å². The highest BCUT2D eigenvalue weighted by atomic mass is 16.5. The van der Waals surface area contributed by atoms with Crippen LogP contribution in [-0.2, 0) is 9.53 Å². The zero-order valence-electron chi connectivity index (χ0n) is 10.3. The second-order valence-corrected chi connectivity index (χ2v) is 3.91. The standard InChI is InChI=1S/C14H15NO3/c1-17-14(16)3-2-8-18-13-5-4-12-10-15-7-6-11(12)9-13/h4-7,9-10H,2-3,8H2,1H3. The van der Waals surface area contributed by atoms with Crippen molar-refractivity contribution in [1.82, 2.24) is 4.98 Å². The van der Waals surface area contributed by atoms with Gasteiger partial charge in [-0.2, -0.15) is 0 Å². The monoisotopic (exact) mass is 245 g/mol. The number of carbonyl (C=O) groups excluding carboxylic acids is 1. The highest BCUT2D eigenvalue weighted by Crippen LogP contribution is 2.19. The number of pyridine rings is 1. The molecule has 0 N–H and O–H groups in total. The average molecular weight is 245 g/mol. The van der Waals surface area contributed by atoms with Gasteiger partial charge in [0.15, 0.2) is 0 Å². The molecule has 0 bridgehead atoms. The van der Waals surface area contributed by atoms with Crippen molar-refractivity contribution in [3.8, 4) is 5.75 Å². The third-order valence-electron chi connectivity index (χ3n) is 2.63. The van der Waals surface area contributed by atoms with Crippen molar-refractivity contribution in [1.29, 1.82) is 0 Å². The van der Waals surface area contributed by atoms with Gasteiger partial charge in [-0.3, -0.25) is 9.78 Å². The Morgan fingerprint density at radius 1 is 1.28 bits per heavy atom. The van der Waals surface area contributed by atoms with E-state index in [0.29, 0.717) is 19.4 Å². The van der Waals surface area contributed by atoms with Crippen molar-refractivity contribution < 1.29 is 14.3 Å². The van der Waals surface area contributed by atoms with Crippen LogP contribution in [-0.4, -0.2) is 24.7 Å². The Morgan fingerprint density at radius 3 is 3.00 bits per heavy atom. The molecule has 1 aromatic heterocycles. The molecule has 0 aliphatic heterocycles. The van der Waals surface area contributed by atoms with E-state index in [-0.39, 0.29) is 5.97 Å². The Hall–Kier alpha value is -2.10. The summed E-state index contributed by atoms with van der Waals surface area (Å²) < 4.78 is 10.1. The van der Waals surface area contributed by atoms with Gasteiger partial charge in [0, 0.05) is 24.2 Å². The van der Waals surface area contributed by atoms with Gasteiger partial charge in [0.05, 0.1) is 13.7 Å². The van der Waals surface area contributed by atoms with E-state index >= 15 is 0 Å². The molecule has 18 heavy (non-hydrogen) atoms. The normalized spacial score (nSPS) is 10.3. The molecule has 4 heteroatoms. The zero-order valence-corrected chi connectivity index (χ0v) is 10.3. The molecule has 0 aliphatic carbocycles. The number of carbonyl (C=O) groups is 1. The van der Waals surface area contributed by atoms with Crippen LogP contribution in [0.25, 0.3) is 10.8 Å². The summed E-state index contributed by atoms with van der Waals surface area (Å²) in [5.74, 6) is 0.599. The number of hydrogen-bond acceptors (Lipinski definition) is 4. The Bertz CT molecular complexity index is 539. The number of methoxy groups -OCH3 is 1. The SMILES string of the molecule is COC(=O)CCCOc1ccc2cnccc2c1. The molecule has 2 aromatic rings. The zero-order chi connectivity index (χ0) is 12.8. The second-order valence-electron chi connectivity index (χ2n) is 3.91. The van der Waals surface area contributed by atoms with E-state index in [1.54, 1.807) is 6.20 Å². The lowest BCUT2D eigenvalue weighted by molar-refractivity contribution is -0.140. The Morgan fingerprint density at radius 2 is 2.17 bits per heavy atom. The number of rotatable bonds is 5. The molecule has 1 aromatic carbocycles. The van der Waals surface area contributed by atoms with Crippen LogP contribution in [0.3, 0.4) is 0 Å². The second kappa shape index (κ2) is 6.00. The van der Waals surface area contributed by atoms with Gasteiger partial charge < -0.3 is 9.47 Å². The first-order valence-corrected chi connectivity index (χ1v) is 5.83. The summed E-state index contributed by atoms with van der Waals surface area (Å²) in [4.78, 5) is 15.0. The maximum atomic E-state index is 10.9. The fourth-order valence-electron chi connectivity index (χ4n) is 1.66. The molecule has 0 unspecified atom stereocenters. The van der Waals surface area contributed by atoms with E-state index < -0.39 is 0 Å². The number of esters is 1. The minimum Gasteiger partial charge on any atom is -0.494 e. The van der Waals surface area contributed by atoms with Gasteiger partial charge in [-0.05, 0) is 36.1 Å². The lowest BCUT2D eigenvalue weighted by Crippen LogP contribution is -2.04. The molecular formula is C14H15NO3. The summed E-state index contributed by atoms with van der Waals surface area (Å²) in [6, 6.07) is 7.78. The van der Waals surface area contributed by atoms with Crippen molar-refractivity contribution in [2.45, 2.75) is 12.8 Å². The lowest BCUT2D eigenvalue weighted by atomic mass is 10.2. The van der Waals surface area contributed by atoms with Gasteiger partial charge in [0.2, 0.25) is 0 Å². The number of nitrogens with zero attached hydrogens (tertiary/aromatic N) is 1. The van der Waals surface area contributed by atoms with Gasteiger partial charge in [-0.1, -0.05) is 0 Å². The average Bonchev–Trinajstić information content (AvgIpc) is 2.43. The molecule has 0 radical (unpaired) electrons. The molecule has 0 fully saturated rings. The number of aromatic nitrogens is 1. The quantitative estimate of drug-likeness (QED) is 0.600. The molecule has 94 valence electrons. The first kappa shape index (κ1) is 12.4. The van der Waals surface area contributed by atoms with Crippen molar-refractivity contribution in [2.24, 2.45) is 0 Å².